The monoisotopic (exact) mass is 443 g/mol. The highest BCUT2D eigenvalue weighted by Crippen LogP contribution is 2.31. The van der Waals surface area contributed by atoms with Gasteiger partial charge in [-0.1, -0.05) is 30.3 Å². The van der Waals surface area contributed by atoms with Gasteiger partial charge in [0.2, 0.25) is 0 Å². The van der Waals surface area contributed by atoms with Crippen LogP contribution < -0.4 is 15.1 Å². The summed E-state index contributed by atoms with van der Waals surface area (Å²) in [6, 6.07) is 21.1. The Morgan fingerprint density at radius 2 is 1.76 bits per heavy atom. The van der Waals surface area contributed by atoms with Gasteiger partial charge in [0.25, 0.3) is 5.91 Å². The first-order valence-electron chi connectivity index (χ1n) is 11.2. The van der Waals surface area contributed by atoms with Gasteiger partial charge in [-0.3, -0.25) is 4.79 Å². The van der Waals surface area contributed by atoms with E-state index in [0.29, 0.717) is 11.3 Å². The summed E-state index contributed by atoms with van der Waals surface area (Å²) in [5, 5.41) is 12.5. The number of nitrogens with zero attached hydrogens (tertiary/aromatic N) is 2. The molecule has 1 saturated heterocycles. The third-order valence-electron chi connectivity index (χ3n) is 6.18. The zero-order valence-corrected chi connectivity index (χ0v) is 19.2. The highest BCUT2D eigenvalue weighted by molar-refractivity contribution is 6.07. The van der Waals surface area contributed by atoms with Crippen LogP contribution in [0.1, 0.15) is 38.8 Å². The Bertz CT molecular complexity index is 1190. The Hall–Kier alpha value is -3.80. The van der Waals surface area contributed by atoms with Gasteiger partial charge in [-0.15, -0.1) is 0 Å². The number of benzene rings is 3. The molecule has 2 N–H and O–H groups in total. The van der Waals surface area contributed by atoms with Crippen LogP contribution in [0.4, 0.5) is 17.1 Å². The van der Waals surface area contributed by atoms with E-state index in [1.165, 1.54) is 11.3 Å². The van der Waals surface area contributed by atoms with E-state index >= 15 is 0 Å². The Balaban J connectivity index is 1.60. The average Bonchev–Trinajstić information content (AvgIpc) is 2.79. The number of piperazine rings is 1. The number of hydrogen-bond acceptors (Lipinski definition) is 4. The van der Waals surface area contributed by atoms with Gasteiger partial charge >= 0.3 is 5.97 Å². The van der Waals surface area contributed by atoms with Gasteiger partial charge in [0, 0.05) is 36.9 Å². The molecule has 1 amide bonds. The Morgan fingerprint density at radius 1 is 0.970 bits per heavy atom. The van der Waals surface area contributed by atoms with Crippen molar-refractivity contribution in [2.75, 3.05) is 34.8 Å². The molecule has 6 heteroatoms. The third-order valence-corrected chi connectivity index (χ3v) is 6.18. The molecule has 6 nitrogen and oxygen atoms in total. The van der Waals surface area contributed by atoms with Crippen molar-refractivity contribution in [2.45, 2.75) is 26.8 Å². The van der Waals surface area contributed by atoms with Crippen LogP contribution in [0.2, 0.25) is 0 Å². The van der Waals surface area contributed by atoms with Crippen molar-refractivity contribution in [2.24, 2.45) is 0 Å². The van der Waals surface area contributed by atoms with Crippen molar-refractivity contribution in [3.63, 3.8) is 0 Å². The van der Waals surface area contributed by atoms with Gasteiger partial charge in [-0.25, -0.2) is 4.79 Å². The van der Waals surface area contributed by atoms with Gasteiger partial charge in [-0.05, 0) is 68.3 Å². The lowest BCUT2D eigenvalue weighted by molar-refractivity contribution is 0.0696. The predicted molar refractivity (Wildman–Crippen MR) is 133 cm³/mol. The van der Waals surface area contributed by atoms with E-state index < -0.39 is 5.97 Å². The van der Waals surface area contributed by atoms with E-state index in [1.807, 2.05) is 25.1 Å². The largest absolute Gasteiger partial charge is 0.478 e. The van der Waals surface area contributed by atoms with E-state index in [9.17, 15) is 14.7 Å². The summed E-state index contributed by atoms with van der Waals surface area (Å²) in [7, 11) is 0. The molecule has 170 valence electrons. The highest BCUT2D eigenvalue weighted by atomic mass is 16.4. The minimum absolute atomic E-state index is 0.144. The molecule has 3 aromatic carbocycles. The molecule has 1 heterocycles. The van der Waals surface area contributed by atoms with Crippen LogP contribution in [0.5, 0.6) is 0 Å². The first-order valence-corrected chi connectivity index (χ1v) is 11.2. The van der Waals surface area contributed by atoms with Gasteiger partial charge < -0.3 is 20.2 Å². The zero-order valence-electron chi connectivity index (χ0n) is 19.2. The molecule has 1 unspecified atom stereocenters. The lowest BCUT2D eigenvalue weighted by Crippen LogP contribution is -2.52. The van der Waals surface area contributed by atoms with Crippen molar-refractivity contribution in [3.05, 3.63) is 89.0 Å². The van der Waals surface area contributed by atoms with Crippen LogP contribution in [0, 0.1) is 13.8 Å². The fraction of sp³-hybridized carbons (Fsp3) is 0.259. The van der Waals surface area contributed by atoms with Crippen molar-refractivity contribution in [1.29, 1.82) is 0 Å². The summed E-state index contributed by atoms with van der Waals surface area (Å²) < 4.78 is 0. The predicted octanol–water partition coefficient (Wildman–Crippen LogP) is 4.97. The number of carboxylic acids is 1. The molecule has 0 saturated carbocycles. The normalized spacial score (nSPS) is 15.9. The molecular formula is C27H29N3O3. The topological polar surface area (TPSA) is 72.9 Å². The van der Waals surface area contributed by atoms with Crippen LogP contribution in [0.3, 0.4) is 0 Å². The molecule has 4 rings (SSSR count). The number of carbonyl (C=O) groups is 2. The van der Waals surface area contributed by atoms with Gasteiger partial charge in [-0.2, -0.15) is 0 Å². The molecule has 0 spiro atoms. The number of carboxylic acid groups (broad SMARTS) is 1. The SMILES string of the molecule is Cc1cccc(N2CCN(c3ccc(C(=O)O)cc3NC(=O)c3ccccc3C)CC2C)c1. The van der Waals surface area contributed by atoms with Crippen LogP contribution in [-0.2, 0) is 0 Å². The number of carbonyl (C=O) groups excluding carboxylic acids is 1. The average molecular weight is 444 g/mol. The number of rotatable bonds is 5. The molecule has 33 heavy (non-hydrogen) atoms. The minimum Gasteiger partial charge on any atom is -0.478 e. The first-order chi connectivity index (χ1) is 15.8. The van der Waals surface area contributed by atoms with Gasteiger partial charge in [0.05, 0.1) is 16.9 Å². The number of amides is 1. The summed E-state index contributed by atoms with van der Waals surface area (Å²) >= 11 is 0. The number of anilines is 3. The van der Waals surface area contributed by atoms with E-state index in [2.05, 4.69) is 53.2 Å². The van der Waals surface area contributed by atoms with Crippen LogP contribution in [0.25, 0.3) is 0 Å². The molecular weight excluding hydrogens is 414 g/mol. The Labute approximate surface area is 194 Å². The highest BCUT2D eigenvalue weighted by Gasteiger charge is 2.26. The molecule has 1 aliphatic rings. The van der Waals surface area contributed by atoms with E-state index in [1.54, 1.807) is 24.3 Å². The maximum Gasteiger partial charge on any atom is 0.335 e. The van der Waals surface area contributed by atoms with Crippen LogP contribution in [0.15, 0.2) is 66.7 Å². The lowest BCUT2D eigenvalue weighted by Gasteiger charge is -2.43. The van der Waals surface area contributed by atoms with Crippen molar-refractivity contribution >= 4 is 28.9 Å². The number of hydrogen-bond donors (Lipinski definition) is 2. The standard InChI is InChI=1S/C27H29N3O3/c1-18-7-6-9-22(15-18)30-14-13-29(17-20(30)3)25-12-11-21(27(32)33)16-24(25)28-26(31)23-10-5-4-8-19(23)2/h4-12,15-16,20H,13-14,17H2,1-3H3,(H,28,31)(H,32,33). The fourth-order valence-corrected chi connectivity index (χ4v) is 4.43. The number of aromatic carboxylic acids is 1. The summed E-state index contributed by atoms with van der Waals surface area (Å²) in [6.45, 7) is 8.52. The molecule has 0 radical (unpaired) electrons. The molecule has 3 aromatic rings. The second-order valence-electron chi connectivity index (χ2n) is 8.63. The molecule has 1 aliphatic heterocycles. The molecule has 0 bridgehead atoms. The van der Waals surface area contributed by atoms with E-state index in [4.69, 9.17) is 0 Å². The maximum absolute atomic E-state index is 13.0. The Morgan fingerprint density at radius 3 is 2.45 bits per heavy atom. The van der Waals surface area contributed by atoms with Crippen molar-refractivity contribution in [3.8, 4) is 0 Å². The fourth-order valence-electron chi connectivity index (χ4n) is 4.43. The van der Waals surface area contributed by atoms with Crippen molar-refractivity contribution < 1.29 is 14.7 Å². The summed E-state index contributed by atoms with van der Waals surface area (Å²) in [6.07, 6.45) is 0. The van der Waals surface area contributed by atoms with Gasteiger partial charge in [0.15, 0.2) is 0 Å². The third kappa shape index (κ3) is 4.85. The lowest BCUT2D eigenvalue weighted by atomic mass is 10.1. The second-order valence-corrected chi connectivity index (χ2v) is 8.63. The molecule has 0 aromatic heterocycles. The second kappa shape index (κ2) is 9.36. The quantitative estimate of drug-likeness (QED) is 0.583. The smallest absolute Gasteiger partial charge is 0.335 e. The summed E-state index contributed by atoms with van der Waals surface area (Å²) in [5.41, 5.74) is 5.36. The van der Waals surface area contributed by atoms with E-state index in [0.717, 1.165) is 30.9 Å². The van der Waals surface area contributed by atoms with E-state index in [-0.39, 0.29) is 17.5 Å². The summed E-state index contributed by atoms with van der Waals surface area (Å²) in [4.78, 5) is 29.2. The minimum atomic E-state index is -1.02. The van der Waals surface area contributed by atoms with Crippen LogP contribution >= 0.6 is 0 Å². The Kier molecular flexibility index (Phi) is 6.36. The van der Waals surface area contributed by atoms with Gasteiger partial charge in [0.1, 0.15) is 0 Å². The number of aryl methyl sites for hydroxylation is 2. The first kappa shape index (κ1) is 22.4. The maximum atomic E-state index is 13.0. The summed E-state index contributed by atoms with van der Waals surface area (Å²) in [5.74, 6) is -1.27. The molecule has 1 fully saturated rings. The van der Waals surface area contributed by atoms with Crippen LogP contribution in [-0.4, -0.2) is 42.7 Å². The molecule has 1 atom stereocenters. The zero-order chi connectivity index (χ0) is 23.5. The van der Waals surface area contributed by atoms with Crippen molar-refractivity contribution in [1.82, 2.24) is 0 Å². The molecule has 0 aliphatic carbocycles. The number of nitrogens with one attached hydrogen (secondary N) is 1.